The summed E-state index contributed by atoms with van der Waals surface area (Å²) in [6.45, 7) is 5.90. The van der Waals surface area contributed by atoms with Crippen molar-refractivity contribution >= 4 is 23.5 Å². The van der Waals surface area contributed by atoms with Crippen molar-refractivity contribution < 1.29 is 13.0 Å². The van der Waals surface area contributed by atoms with Crippen molar-refractivity contribution in [2.45, 2.75) is 44.4 Å². The van der Waals surface area contributed by atoms with Crippen LogP contribution in [-0.4, -0.2) is 12.8 Å². The lowest BCUT2D eigenvalue weighted by Crippen LogP contribution is -2.01. The Bertz CT molecular complexity index is 761. The summed E-state index contributed by atoms with van der Waals surface area (Å²) in [6.07, 6.45) is 1.70. The largest absolute Gasteiger partial charge is 0.496 e. The van der Waals surface area contributed by atoms with Crippen molar-refractivity contribution in [2.24, 2.45) is 4.99 Å². The molecule has 5 heteroatoms. The smallest absolute Gasteiger partial charge is 0.141 e. The van der Waals surface area contributed by atoms with Crippen LogP contribution in [0.2, 0.25) is 0 Å². The maximum atomic E-state index is 13.8. The van der Waals surface area contributed by atoms with Crippen LogP contribution in [0.25, 0.3) is 0 Å². The number of benzene rings is 2. The fraction of sp³-hybridized carbons (Fsp3) is 0.350. The summed E-state index contributed by atoms with van der Waals surface area (Å²) in [5.74, 6) is 0.637. The second-order valence-electron chi connectivity index (χ2n) is 6.18. The zero-order valence-electron chi connectivity index (χ0n) is 15.0. The van der Waals surface area contributed by atoms with Gasteiger partial charge in [0.2, 0.25) is 0 Å². The van der Waals surface area contributed by atoms with E-state index in [0.29, 0.717) is 11.6 Å². The average Bonchev–Trinajstić information content (AvgIpc) is 2.62. The van der Waals surface area contributed by atoms with E-state index in [-0.39, 0.29) is 17.0 Å². The Labute approximate surface area is 152 Å². The molecule has 0 aromatic heterocycles. The number of hydrogen-bond acceptors (Lipinski definition) is 3. The van der Waals surface area contributed by atoms with E-state index in [1.54, 1.807) is 7.11 Å². The number of aliphatic imine (C=N–C) groups is 1. The van der Waals surface area contributed by atoms with Gasteiger partial charge in [0.25, 0.3) is 0 Å². The summed E-state index contributed by atoms with van der Waals surface area (Å²) in [6, 6.07) is 10.8. The first-order chi connectivity index (χ1) is 12.0. The van der Waals surface area contributed by atoms with Crippen molar-refractivity contribution in [3.63, 3.8) is 0 Å². The topological polar surface area (TPSA) is 21.6 Å². The summed E-state index contributed by atoms with van der Waals surface area (Å²) >= 11 is -0.0829. The predicted molar refractivity (Wildman–Crippen MR) is 102 cm³/mol. The summed E-state index contributed by atoms with van der Waals surface area (Å²) in [5.41, 5.74) is 3.41. The first-order valence-electron chi connectivity index (χ1n) is 8.22. The van der Waals surface area contributed by atoms with E-state index in [1.807, 2.05) is 32.0 Å². The van der Waals surface area contributed by atoms with Crippen LogP contribution in [0, 0.1) is 12.7 Å². The molecule has 0 aliphatic heterocycles. The van der Waals surface area contributed by atoms with Gasteiger partial charge in [0, 0.05) is 11.8 Å². The molecule has 134 valence electrons. The highest BCUT2D eigenvalue weighted by Gasteiger charge is 2.12. The third-order valence-electron chi connectivity index (χ3n) is 4.25. The highest BCUT2D eigenvalue weighted by Crippen LogP contribution is 2.31. The van der Waals surface area contributed by atoms with Crippen LogP contribution < -0.4 is 4.74 Å². The van der Waals surface area contributed by atoms with E-state index in [1.165, 1.54) is 17.7 Å². The number of ether oxygens (including phenoxy) is 1. The molecule has 0 radical (unpaired) electrons. The zero-order chi connectivity index (χ0) is 18.4. The Morgan fingerprint density at radius 2 is 2.00 bits per heavy atom. The normalized spacial score (nSPS) is 13.0. The summed E-state index contributed by atoms with van der Waals surface area (Å²) in [4.78, 5) is 4.52. The molecule has 0 spiro atoms. The number of rotatable bonds is 7. The van der Waals surface area contributed by atoms with E-state index >= 15 is 0 Å². The summed E-state index contributed by atoms with van der Waals surface area (Å²) in [5, 5.41) is 0. The second kappa shape index (κ2) is 8.99. The van der Waals surface area contributed by atoms with Gasteiger partial charge in [-0.05, 0) is 55.9 Å². The summed E-state index contributed by atoms with van der Waals surface area (Å²) in [7, 11) is 1.68. The van der Waals surface area contributed by atoms with Crippen LogP contribution in [-0.2, 0) is 0 Å². The molecule has 0 amide bonds. The Balaban J connectivity index is 2.08. The standard InChI is InChI=1S/C20H23F2NOS/c1-13(16-7-5-6-8-19(16)24-4)9-10-15(3)23-18-12-17(21)20(25-22)11-14(18)2/h5-8,11-13H,9-10H2,1-4H3/b23-15+. The van der Waals surface area contributed by atoms with Crippen molar-refractivity contribution in [3.05, 3.63) is 53.3 Å². The fourth-order valence-corrected chi connectivity index (χ4v) is 3.09. The molecule has 2 nitrogen and oxygen atoms in total. The van der Waals surface area contributed by atoms with Crippen molar-refractivity contribution in [3.8, 4) is 5.75 Å². The molecule has 0 saturated heterocycles. The van der Waals surface area contributed by atoms with Crippen LogP contribution in [0.15, 0.2) is 46.3 Å². The van der Waals surface area contributed by atoms with Gasteiger partial charge in [0.15, 0.2) is 0 Å². The lowest BCUT2D eigenvalue weighted by Gasteiger charge is -2.15. The van der Waals surface area contributed by atoms with Gasteiger partial charge in [-0.2, -0.15) is 3.89 Å². The molecule has 2 rings (SSSR count). The molecule has 2 aromatic rings. The lowest BCUT2D eigenvalue weighted by molar-refractivity contribution is 0.405. The predicted octanol–water partition coefficient (Wildman–Crippen LogP) is 6.80. The average molecular weight is 363 g/mol. The highest BCUT2D eigenvalue weighted by molar-refractivity contribution is 7.94. The van der Waals surface area contributed by atoms with Gasteiger partial charge in [-0.3, -0.25) is 4.99 Å². The fourth-order valence-electron chi connectivity index (χ4n) is 2.74. The first kappa shape index (κ1) is 19.4. The number of nitrogens with zero attached hydrogens (tertiary/aromatic N) is 1. The molecule has 1 unspecified atom stereocenters. The minimum atomic E-state index is -0.577. The van der Waals surface area contributed by atoms with E-state index in [2.05, 4.69) is 18.0 Å². The molecule has 25 heavy (non-hydrogen) atoms. The van der Waals surface area contributed by atoms with Gasteiger partial charge < -0.3 is 4.74 Å². The molecule has 0 aliphatic carbocycles. The maximum absolute atomic E-state index is 13.8. The zero-order valence-corrected chi connectivity index (χ0v) is 15.8. The number of aryl methyl sites for hydroxylation is 1. The number of halogens is 2. The van der Waals surface area contributed by atoms with Gasteiger partial charge in [-0.25, -0.2) is 4.39 Å². The second-order valence-corrected chi connectivity index (χ2v) is 6.77. The number of para-hydroxylation sites is 1. The molecular weight excluding hydrogens is 340 g/mol. The van der Waals surface area contributed by atoms with E-state index in [9.17, 15) is 8.28 Å². The van der Waals surface area contributed by atoms with Gasteiger partial charge in [-0.1, -0.05) is 25.1 Å². The van der Waals surface area contributed by atoms with Crippen LogP contribution >= 0.6 is 12.1 Å². The third-order valence-corrected chi connectivity index (χ3v) is 4.73. The van der Waals surface area contributed by atoms with Gasteiger partial charge >= 0.3 is 0 Å². The van der Waals surface area contributed by atoms with Crippen molar-refractivity contribution in [2.75, 3.05) is 7.11 Å². The van der Waals surface area contributed by atoms with Gasteiger partial charge in [0.1, 0.15) is 11.6 Å². The quantitative estimate of drug-likeness (QED) is 0.505. The molecule has 1 atom stereocenters. The van der Waals surface area contributed by atoms with Crippen LogP contribution in [0.5, 0.6) is 5.75 Å². The summed E-state index contributed by atoms with van der Waals surface area (Å²) < 4.78 is 31.8. The molecule has 2 aromatic carbocycles. The first-order valence-corrected chi connectivity index (χ1v) is 8.93. The SMILES string of the molecule is COc1ccccc1C(C)CC/C(C)=N/c1cc(F)c(SF)cc1C. The third kappa shape index (κ3) is 5.05. The Hall–Kier alpha value is -1.88. The van der Waals surface area contributed by atoms with Crippen LogP contribution in [0.1, 0.15) is 43.7 Å². The molecular formula is C20H23F2NOS. The Morgan fingerprint density at radius 1 is 1.28 bits per heavy atom. The number of methoxy groups -OCH3 is 1. The minimum absolute atomic E-state index is 0.00102. The van der Waals surface area contributed by atoms with Gasteiger partial charge in [0.05, 0.1) is 29.8 Å². The molecule has 0 heterocycles. The maximum Gasteiger partial charge on any atom is 0.141 e. The van der Waals surface area contributed by atoms with Crippen molar-refractivity contribution in [1.29, 1.82) is 0 Å². The van der Waals surface area contributed by atoms with Gasteiger partial charge in [-0.15, -0.1) is 0 Å². The molecule has 0 fully saturated rings. The minimum Gasteiger partial charge on any atom is -0.496 e. The van der Waals surface area contributed by atoms with Crippen molar-refractivity contribution in [1.82, 2.24) is 0 Å². The van der Waals surface area contributed by atoms with E-state index in [4.69, 9.17) is 4.74 Å². The Morgan fingerprint density at radius 3 is 2.68 bits per heavy atom. The molecule has 0 N–H and O–H groups in total. The van der Waals surface area contributed by atoms with Crippen LogP contribution in [0.3, 0.4) is 0 Å². The lowest BCUT2D eigenvalue weighted by atomic mass is 9.94. The Kier molecular flexibility index (Phi) is 7.00. The number of hydrogen-bond donors (Lipinski definition) is 0. The van der Waals surface area contributed by atoms with E-state index in [0.717, 1.165) is 29.9 Å². The molecule has 0 bridgehead atoms. The van der Waals surface area contributed by atoms with E-state index < -0.39 is 5.82 Å². The molecule has 0 saturated carbocycles. The van der Waals surface area contributed by atoms with Crippen LogP contribution in [0.4, 0.5) is 14.0 Å². The monoisotopic (exact) mass is 363 g/mol. The molecule has 0 aliphatic rings. The highest BCUT2D eigenvalue weighted by atomic mass is 32.2.